The maximum Gasteiger partial charge on any atom is 0.303 e. The van der Waals surface area contributed by atoms with Gasteiger partial charge in [0.2, 0.25) is 0 Å². The summed E-state index contributed by atoms with van der Waals surface area (Å²) in [6.45, 7) is 15.4. The van der Waals surface area contributed by atoms with Crippen LogP contribution in [0.3, 0.4) is 0 Å². The largest absolute Gasteiger partial charge is 0.454 e. The highest BCUT2D eigenvalue weighted by molar-refractivity contribution is 5.66. The van der Waals surface area contributed by atoms with Crippen molar-refractivity contribution in [3.8, 4) is 0 Å². The first-order valence-electron chi connectivity index (χ1n) is 22.3. The lowest BCUT2D eigenvalue weighted by molar-refractivity contribution is -0.368. The number of carbonyl (C=O) groups is 1. The molecule has 0 amide bonds. The van der Waals surface area contributed by atoms with Gasteiger partial charge >= 0.3 is 5.97 Å². The van der Waals surface area contributed by atoms with Crippen LogP contribution >= 0.6 is 0 Å². The zero-order valence-corrected chi connectivity index (χ0v) is 37.0. The fourth-order valence-corrected chi connectivity index (χ4v) is 14.3. The molecule has 0 aromatic heterocycles. The van der Waals surface area contributed by atoms with Crippen LogP contribution < -0.4 is 0 Å². The molecular formula is C45H74O15. The Morgan fingerprint density at radius 3 is 2.12 bits per heavy atom. The molecule has 21 unspecified atom stereocenters. The van der Waals surface area contributed by atoms with Crippen LogP contribution in [0.15, 0.2) is 11.6 Å². The molecule has 2 saturated heterocycles. The highest BCUT2D eigenvalue weighted by Gasteiger charge is 2.72. The number of hydrogen-bond acceptors (Lipinski definition) is 15. The number of carbonyl (C=O) groups excluding carboxylic acids is 1. The van der Waals surface area contributed by atoms with Gasteiger partial charge in [0.25, 0.3) is 0 Å². The van der Waals surface area contributed by atoms with Gasteiger partial charge in [-0.05, 0) is 91.8 Å². The lowest BCUT2D eigenvalue weighted by atomic mass is 9.32. The minimum atomic E-state index is -1.70. The first-order valence-corrected chi connectivity index (χ1v) is 22.3. The molecular weight excluding hydrogens is 780 g/mol. The number of rotatable bonds is 9. The van der Waals surface area contributed by atoms with Gasteiger partial charge in [-0.3, -0.25) is 4.79 Å². The molecule has 0 spiro atoms. The molecule has 21 atom stereocenters. The van der Waals surface area contributed by atoms with E-state index in [2.05, 4.69) is 40.7 Å². The molecule has 0 aromatic rings. The second kappa shape index (κ2) is 16.3. The Kier molecular flexibility index (Phi) is 12.7. The number of ether oxygens (including phenoxy) is 6. The number of fused-ring (bicyclic) bond motifs is 7. The van der Waals surface area contributed by atoms with Gasteiger partial charge < -0.3 is 69.3 Å². The van der Waals surface area contributed by atoms with Crippen molar-refractivity contribution in [3.05, 3.63) is 11.6 Å². The highest BCUT2D eigenvalue weighted by Crippen LogP contribution is 2.76. The van der Waals surface area contributed by atoms with Crippen LogP contribution in [-0.2, 0) is 33.2 Å². The smallest absolute Gasteiger partial charge is 0.303 e. The van der Waals surface area contributed by atoms with Crippen molar-refractivity contribution in [3.63, 3.8) is 0 Å². The summed E-state index contributed by atoms with van der Waals surface area (Å²) in [5.41, 5.74) is -1.03. The topological polar surface area (TPSA) is 234 Å². The average molecular weight is 855 g/mol. The fraction of sp³-hybridized carbons (Fsp3) is 0.933. The number of aliphatic hydroxyl groups is 8. The molecule has 4 saturated carbocycles. The first kappa shape index (κ1) is 46.7. The van der Waals surface area contributed by atoms with Gasteiger partial charge in [0.15, 0.2) is 18.7 Å². The third kappa shape index (κ3) is 6.98. The van der Waals surface area contributed by atoms with Gasteiger partial charge in [0.05, 0.1) is 44.2 Å². The molecule has 15 nitrogen and oxygen atoms in total. The first-order chi connectivity index (χ1) is 28.0. The highest BCUT2D eigenvalue weighted by atomic mass is 16.7. The molecule has 7 rings (SSSR count). The van der Waals surface area contributed by atoms with Crippen molar-refractivity contribution in [1.29, 1.82) is 0 Å². The van der Waals surface area contributed by atoms with Gasteiger partial charge in [-0.25, -0.2) is 0 Å². The maximum absolute atomic E-state index is 12.1. The van der Waals surface area contributed by atoms with E-state index < -0.39 is 97.0 Å². The van der Waals surface area contributed by atoms with Crippen LogP contribution in [0.4, 0.5) is 0 Å². The van der Waals surface area contributed by atoms with Gasteiger partial charge in [0, 0.05) is 30.8 Å². The Labute approximate surface area is 354 Å². The second-order valence-electron chi connectivity index (χ2n) is 21.6. The van der Waals surface area contributed by atoms with Crippen LogP contribution in [0.25, 0.3) is 0 Å². The molecule has 0 radical (unpaired) electrons. The Morgan fingerprint density at radius 1 is 0.800 bits per heavy atom. The number of esters is 1. The van der Waals surface area contributed by atoms with Crippen LogP contribution in [0.2, 0.25) is 0 Å². The lowest BCUT2D eigenvalue weighted by Crippen LogP contribution is -2.70. The van der Waals surface area contributed by atoms with Gasteiger partial charge in [-0.15, -0.1) is 0 Å². The van der Waals surface area contributed by atoms with E-state index in [0.29, 0.717) is 19.3 Å². The van der Waals surface area contributed by atoms with Crippen LogP contribution in [0.5, 0.6) is 0 Å². The molecule has 0 bridgehead atoms. The van der Waals surface area contributed by atoms with Gasteiger partial charge in [-0.2, -0.15) is 0 Å². The Hall–Kier alpha value is -1.31. The summed E-state index contributed by atoms with van der Waals surface area (Å²) in [6.07, 6.45) is -7.68. The summed E-state index contributed by atoms with van der Waals surface area (Å²) in [5, 5.41) is 88.7. The molecule has 0 aromatic carbocycles. The minimum absolute atomic E-state index is 0.0153. The monoisotopic (exact) mass is 855 g/mol. The third-order valence-electron chi connectivity index (χ3n) is 18.0. The van der Waals surface area contributed by atoms with E-state index >= 15 is 0 Å². The Morgan fingerprint density at radius 2 is 1.50 bits per heavy atom. The molecule has 7 aliphatic rings. The summed E-state index contributed by atoms with van der Waals surface area (Å²) in [5.74, 6) is -0.816. The summed E-state index contributed by atoms with van der Waals surface area (Å²) >= 11 is 0. The Balaban J connectivity index is 1.16. The van der Waals surface area contributed by atoms with E-state index in [1.54, 1.807) is 14.0 Å². The van der Waals surface area contributed by atoms with Crippen molar-refractivity contribution in [2.24, 2.45) is 50.2 Å². The molecule has 2 aliphatic heterocycles. The third-order valence-corrected chi connectivity index (χ3v) is 18.0. The number of methoxy groups -OCH3 is 1. The molecule has 344 valence electrons. The van der Waals surface area contributed by atoms with E-state index in [-0.39, 0.29) is 58.7 Å². The van der Waals surface area contributed by atoms with Crippen LogP contribution in [0.1, 0.15) is 107 Å². The lowest BCUT2D eigenvalue weighted by Gasteiger charge is -2.73. The Bertz CT molecular complexity index is 1610. The standard InChI is InChI=1S/C45H74O15/c1-22-31(51)35(60-39-36(57-23(2)49)33(53)32(52)27(19-46)58-39)34(54)38(56-22)59-30-11-12-41(5)28(42(30,6)20-47)10-13-43(7)37(41)26(55-9)16-24-25-17-40(3,4)14-15-45(25,21-48)29(50)18-44(24,43)8/h16,22,25-39,46-48,50-54H,10-15,17-21H2,1-9H3. The van der Waals surface area contributed by atoms with E-state index in [4.69, 9.17) is 28.4 Å². The summed E-state index contributed by atoms with van der Waals surface area (Å²) in [6, 6.07) is 0. The van der Waals surface area contributed by atoms with Crippen molar-refractivity contribution in [1.82, 2.24) is 0 Å². The molecule has 8 N–H and O–H groups in total. The van der Waals surface area contributed by atoms with E-state index in [1.165, 1.54) is 5.57 Å². The van der Waals surface area contributed by atoms with Crippen molar-refractivity contribution < 1.29 is 74.1 Å². The summed E-state index contributed by atoms with van der Waals surface area (Å²) in [4.78, 5) is 12.0. The number of aliphatic hydroxyl groups excluding tert-OH is 8. The second-order valence-corrected chi connectivity index (χ2v) is 21.6. The molecule has 60 heavy (non-hydrogen) atoms. The van der Waals surface area contributed by atoms with Crippen molar-refractivity contribution in [2.45, 2.75) is 186 Å². The molecule has 2 heterocycles. The summed E-state index contributed by atoms with van der Waals surface area (Å²) in [7, 11) is 1.77. The van der Waals surface area contributed by atoms with Crippen LogP contribution in [0, 0.1) is 50.2 Å². The average Bonchev–Trinajstić information content (AvgIpc) is 3.19. The van der Waals surface area contributed by atoms with Crippen molar-refractivity contribution >= 4 is 5.97 Å². The van der Waals surface area contributed by atoms with Crippen molar-refractivity contribution in [2.75, 3.05) is 26.9 Å². The normalized spacial score (nSPS) is 53.8. The molecule has 5 aliphatic carbocycles. The van der Waals surface area contributed by atoms with Crippen LogP contribution in [-0.4, -0.2) is 153 Å². The van der Waals surface area contributed by atoms with E-state index in [9.17, 15) is 45.6 Å². The predicted molar refractivity (Wildman–Crippen MR) is 215 cm³/mol. The maximum atomic E-state index is 12.1. The quantitative estimate of drug-likeness (QED) is 0.0941. The number of hydrogen-bond donors (Lipinski definition) is 8. The minimum Gasteiger partial charge on any atom is -0.454 e. The summed E-state index contributed by atoms with van der Waals surface area (Å²) < 4.78 is 36.3. The SMILES string of the molecule is COC1C=C2C3CC(C)(C)CCC3(CO)C(O)CC2(C)C2(C)CCC3C(C)(CO)C(OC4OC(C)C(O)C(OC5OC(CO)C(O)C(O)C5OC(C)=O)C4O)CCC3(C)C12. The van der Waals surface area contributed by atoms with Gasteiger partial charge in [0.1, 0.15) is 36.6 Å². The van der Waals surface area contributed by atoms with E-state index in [1.807, 2.05) is 6.92 Å². The predicted octanol–water partition coefficient (Wildman–Crippen LogP) is 1.96. The molecule has 15 heteroatoms. The van der Waals surface area contributed by atoms with Gasteiger partial charge in [-0.1, -0.05) is 53.2 Å². The number of allylic oxidation sites excluding steroid dienone is 1. The fourth-order valence-electron chi connectivity index (χ4n) is 14.3. The molecule has 6 fully saturated rings. The van der Waals surface area contributed by atoms with E-state index in [0.717, 1.165) is 39.0 Å². The zero-order valence-electron chi connectivity index (χ0n) is 37.0. The zero-order chi connectivity index (χ0) is 44.1.